The molecule has 0 saturated heterocycles. The highest BCUT2D eigenvalue weighted by molar-refractivity contribution is 6.02. The molecule has 0 aliphatic carbocycles. The zero-order valence-corrected chi connectivity index (χ0v) is 13.3. The van der Waals surface area contributed by atoms with Gasteiger partial charge in [-0.1, -0.05) is 0 Å². The van der Waals surface area contributed by atoms with Crippen LogP contribution in [0, 0.1) is 16.6 Å². The van der Waals surface area contributed by atoms with Gasteiger partial charge in [0.05, 0.1) is 18.4 Å². The SMILES string of the molecule is CC(=N)CC(=N)CNc1cnc2[nH]c(-c3ccc(F)cc3)cc2c1. The van der Waals surface area contributed by atoms with Gasteiger partial charge in [-0.25, -0.2) is 9.37 Å². The summed E-state index contributed by atoms with van der Waals surface area (Å²) in [6.07, 6.45) is 2.08. The Kier molecular flexibility index (Phi) is 4.37. The zero-order valence-electron chi connectivity index (χ0n) is 13.3. The second-order valence-corrected chi connectivity index (χ2v) is 5.77. The first-order chi connectivity index (χ1) is 11.5. The minimum absolute atomic E-state index is 0.262. The molecule has 2 heterocycles. The van der Waals surface area contributed by atoms with Crippen molar-refractivity contribution in [3.05, 3.63) is 48.4 Å². The van der Waals surface area contributed by atoms with E-state index < -0.39 is 0 Å². The molecule has 0 aliphatic rings. The fraction of sp³-hybridized carbons (Fsp3) is 0.167. The zero-order chi connectivity index (χ0) is 17.1. The number of hydrogen-bond acceptors (Lipinski definition) is 4. The van der Waals surface area contributed by atoms with Gasteiger partial charge in [-0.3, -0.25) is 0 Å². The van der Waals surface area contributed by atoms with Crippen LogP contribution < -0.4 is 5.32 Å². The summed E-state index contributed by atoms with van der Waals surface area (Å²) in [6, 6.07) is 10.2. The monoisotopic (exact) mass is 323 g/mol. The molecule has 0 aliphatic heterocycles. The second kappa shape index (κ2) is 6.62. The maximum Gasteiger partial charge on any atom is 0.137 e. The Hall–Kier alpha value is -3.02. The first-order valence-corrected chi connectivity index (χ1v) is 7.60. The topological polar surface area (TPSA) is 88.4 Å². The Balaban J connectivity index is 1.77. The lowest BCUT2D eigenvalue weighted by Crippen LogP contribution is -2.15. The molecule has 4 N–H and O–H groups in total. The van der Waals surface area contributed by atoms with E-state index in [2.05, 4.69) is 15.3 Å². The number of nitrogens with one attached hydrogen (secondary N) is 4. The van der Waals surface area contributed by atoms with Gasteiger partial charge in [0.25, 0.3) is 0 Å². The molecule has 0 amide bonds. The van der Waals surface area contributed by atoms with E-state index in [1.54, 1.807) is 25.3 Å². The molecular formula is C18H18FN5. The Morgan fingerprint density at radius 1 is 1.21 bits per heavy atom. The fourth-order valence-electron chi connectivity index (χ4n) is 2.49. The van der Waals surface area contributed by atoms with Crippen LogP contribution in [0.2, 0.25) is 0 Å². The van der Waals surface area contributed by atoms with E-state index in [0.717, 1.165) is 28.0 Å². The molecular weight excluding hydrogens is 305 g/mol. The minimum atomic E-state index is -0.262. The van der Waals surface area contributed by atoms with E-state index in [0.29, 0.717) is 24.4 Å². The van der Waals surface area contributed by atoms with Crippen LogP contribution in [0.4, 0.5) is 10.1 Å². The predicted molar refractivity (Wildman–Crippen MR) is 95.7 cm³/mol. The number of aromatic nitrogens is 2. The largest absolute Gasteiger partial charge is 0.378 e. The van der Waals surface area contributed by atoms with Gasteiger partial charge in [-0.15, -0.1) is 0 Å². The van der Waals surface area contributed by atoms with Crippen LogP contribution in [-0.4, -0.2) is 27.9 Å². The maximum absolute atomic E-state index is 13.0. The number of hydrogen-bond donors (Lipinski definition) is 4. The summed E-state index contributed by atoms with van der Waals surface area (Å²) >= 11 is 0. The number of nitrogens with zero attached hydrogens (tertiary/aromatic N) is 1. The molecule has 1 aromatic carbocycles. The number of H-pyrrole nitrogens is 1. The van der Waals surface area contributed by atoms with Crippen LogP contribution >= 0.6 is 0 Å². The summed E-state index contributed by atoms with van der Waals surface area (Å²) in [5, 5.41) is 19.3. The molecule has 0 atom stereocenters. The van der Waals surface area contributed by atoms with Gasteiger partial charge >= 0.3 is 0 Å². The van der Waals surface area contributed by atoms with Gasteiger partial charge in [0.2, 0.25) is 0 Å². The van der Waals surface area contributed by atoms with Crippen LogP contribution in [0.15, 0.2) is 42.6 Å². The van der Waals surface area contributed by atoms with Crippen molar-refractivity contribution in [1.29, 1.82) is 10.8 Å². The fourth-order valence-corrected chi connectivity index (χ4v) is 2.49. The highest BCUT2D eigenvalue weighted by atomic mass is 19.1. The average Bonchev–Trinajstić information content (AvgIpc) is 2.96. The normalized spacial score (nSPS) is 10.8. The third kappa shape index (κ3) is 3.65. The summed E-state index contributed by atoms with van der Waals surface area (Å²) < 4.78 is 13.0. The van der Waals surface area contributed by atoms with Gasteiger partial charge in [-0.2, -0.15) is 0 Å². The highest BCUT2D eigenvalue weighted by Gasteiger charge is 2.06. The second-order valence-electron chi connectivity index (χ2n) is 5.77. The molecule has 0 unspecified atom stereocenters. The van der Waals surface area contributed by atoms with Crippen LogP contribution in [0.5, 0.6) is 0 Å². The molecule has 6 heteroatoms. The molecule has 5 nitrogen and oxygen atoms in total. The van der Waals surface area contributed by atoms with Crippen molar-refractivity contribution in [2.45, 2.75) is 13.3 Å². The first kappa shape index (κ1) is 15.9. The van der Waals surface area contributed by atoms with Crippen molar-refractivity contribution < 1.29 is 4.39 Å². The molecule has 0 spiro atoms. The van der Waals surface area contributed by atoms with Gasteiger partial charge < -0.3 is 21.1 Å². The summed E-state index contributed by atoms with van der Waals surface area (Å²) in [5.41, 5.74) is 4.28. The molecule has 24 heavy (non-hydrogen) atoms. The van der Waals surface area contributed by atoms with E-state index in [1.807, 2.05) is 12.1 Å². The molecule has 3 rings (SSSR count). The maximum atomic E-state index is 13.0. The Morgan fingerprint density at radius 3 is 2.67 bits per heavy atom. The number of aromatic amines is 1. The standard InChI is InChI=1S/C18H18FN5/c1-11(20)6-15(21)9-22-16-7-13-8-17(24-18(13)23-10-16)12-2-4-14(19)5-3-12/h2-5,7-8,10,20-22H,6,9H2,1H3,(H,23,24). The van der Waals surface area contributed by atoms with Gasteiger partial charge in [0.15, 0.2) is 0 Å². The van der Waals surface area contributed by atoms with E-state index in [9.17, 15) is 4.39 Å². The number of fused-ring (bicyclic) bond motifs is 1. The van der Waals surface area contributed by atoms with E-state index in [-0.39, 0.29) is 5.82 Å². The van der Waals surface area contributed by atoms with Crippen molar-refractivity contribution in [3.8, 4) is 11.3 Å². The number of halogens is 1. The van der Waals surface area contributed by atoms with Gasteiger partial charge in [0.1, 0.15) is 11.5 Å². The van der Waals surface area contributed by atoms with Crippen molar-refractivity contribution in [2.75, 3.05) is 11.9 Å². The lowest BCUT2D eigenvalue weighted by Gasteiger charge is -2.06. The molecule has 0 bridgehead atoms. The quantitative estimate of drug-likeness (QED) is 0.511. The Labute approximate surface area is 139 Å². The Bertz CT molecular complexity index is 895. The van der Waals surface area contributed by atoms with Crippen molar-refractivity contribution in [2.24, 2.45) is 0 Å². The predicted octanol–water partition coefficient (Wildman–Crippen LogP) is 4.23. The highest BCUT2D eigenvalue weighted by Crippen LogP contribution is 2.25. The summed E-state index contributed by atoms with van der Waals surface area (Å²) in [6.45, 7) is 2.08. The summed E-state index contributed by atoms with van der Waals surface area (Å²) in [7, 11) is 0. The molecule has 0 radical (unpaired) electrons. The molecule has 0 fully saturated rings. The lowest BCUT2D eigenvalue weighted by atomic mass is 10.1. The number of anilines is 1. The summed E-state index contributed by atoms with van der Waals surface area (Å²) in [5.74, 6) is -0.262. The third-order valence-electron chi connectivity index (χ3n) is 3.61. The van der Waals surface area contributed by atoms with Crippen LogP contribution in [0.3, 0.4) is 0 Å². The molecule has 0 saturated carbocycles. The molecule has 122 valence electrons. The van der Waals surface area contributed by atoms with Crippen LogP contribution in [0.1, 0.15) is 13.3 Å². The average molecular weight is 323 g/mol. The van der Waals surface area contributed by atoms with Crippen LogP contribution in [0.25, 0.3) is 22.3 Å². The third-order valence-corrected chi connectivity index (χ3v) is 3.61. The van der Waals surface area contributed by atoms with E-state index in [4.69, 9.17) is 10.8 Å². The number of rotatable bonds is 6. The Morgan fingerprint density at radius 2 is 1.96 bits per heavy atom. The van der Waals surface area contributed by atoms with Gasteiger partial charge in [0, 0.05) is 28.9 Å². The smallest absolute Gasteiger partial charge is 0.137 e. The van der Waals surface area contributed by atoms with Crippen LogP contribution in [-0.2, 0) is 0 Å². The summed E-state index contributed by atoms with van der Waals surface area (Å²) in [4.78, 5) is 7.60. The number of benzene rings is 1. The van der Waals surface area contributed by atoms with Crippen molar-refractivity contribution >= 4 is 28.1 Å². The molecule has 3 aromatic rings. The van der Waals surface area contributed by atoms with Crippen molar-refractivity contribution in [3.63, 3.8) is 0 Å². The number of pyridine rings is 1. The molecule has 2 aromatic heterocycles. The minimum Gasteiger partial charge on any atom is -0.378 e. The van der Waals surface area contributed by atoms with E-state index >= 15 is 0 Å². The van der Waals surface area contributed by atoms with Crippen molar-refractivity contribution in [1.82, 2.24) is 9.97 Å². The lowest BCUT2D eigenvalue weighted by molar-refractivity contribution is 0.628. The van der Waals surface area contributed by atoms with Gasteiger partial charge in [-0.05, 0) is 48.9 Å². The first-order valence-electron chi connectivity index (χ1n) is 7.60. The van der Waals surface area contributed by atoms with E-state index in [1.165, 1.54) is 12.1 Å².